The summed E-state index contributed by atoms with van der Waals surface area (Å²) in [6.07, 6.45) is 0. The quantitative estimate of drug-likeness (QED) is 0.366. The lowest BCUT2D eigenvalue weighted by atomic mass is 10.1. The first kappa shape index (κ1) is 22.2. The first-order valence-corrected chi connectivity index (χ1v) is 10.3. The molecule has 1 fully saturated rings. The lowest BCUT2D eigenvalue weighted by Crippen LogP contribution is -2.45. The summed E-state index contributed by atoms with van der Waals surface area (Å²) in [5.41, 5.74) is 2.46. The third kappa shape index (κ3) is 7.91. The molecule has 142 valence electrons. The van der Waals surface area contributed by atoms with Crippen molar-refractivity contribution in [3.05, 3.63) is 35.4 Å². The van der Waals surface area contributed by atoms with E-state index < -0.39 is 9.84 Å². The molecular weight excluding hydrogens is 451 g/mol. The van der Waals surface area contributed by atoms with Gasteiger partial charge in [0.05, 0.1) is 18.1 Å². The maximum absolute atomic E-state index is 11.4. The Morgan fingerprint density at radius 3 is 2.52 bits per heavy atom. The molecule has 1 aromatic rings. The molecule has 2 N–H and O–H groups in total. The molecule has 0 atom stereocenters. The second kappa shape index (κ2) is 11.0. The van der Waals surface area contributed by atoms with Crippen molar-refractivity contribution in [1.29, 1.82) is 0 Å². The minimum Gasteiger partial charge on any atom is -0.357 e. The molecule has 0 bridgehead atoms. The van der Waals surface area contributed by atoms with Gasteiger partial charge in [-0.15, -0.1) is 24.0 Å². The van der Waals surface area contributed by atoms with Crippen LogP contribution in [0.15, 0.2) is 29.3 Å². The molecule has 1 aliphatic heterocycles. The fraction of sp³-hybridized carbons (Fsp3) is 0.588. The van der Waals surface area contributed by atoms with E-state index in [1.54, 1.807) is 0 Å². The minimum atomic E-state index is -2.81. The van der Waals surface area contributed by atoms with Crippen LogP contribution >= 0.6 is 24.0 Å². The zero-order valence-corrected chi connectivity index (χ0v) is 18.1. The van der Waals surface area contributed by atoms with Gasteiger partial charge in [0, 0.05) is 32.7 Å². The van der Waals surface area contributed by atoms with Crippen LogP contribution in [0.1, 0.15) is 18.1 Å². The van der Waals surface area contributed by atoms with Crippen LogP contribution in [-0.2, 0) is 16.4 Å². The summed E-state index contributed by atoms with van der Waals surface area (Å²) in [6.45, 7) is 8.41. The normalized spacial score (nSPS) is 17.6. The van der Waals surface area contributed by atoms with Crippen LogP contribution in [0, 0.1) is 6.92 Å². The highest BCUT2D eigenvalue weighted by Gasteiger charge is 2.20. The van der Waals surface area contributed by atoms with Crippen molar-refractivity contribution in [3.8, 4) is 0 Å². The summed E-state index contributed by atoms with van der Waals surface area (Å²) in [4.78, 5) is 6.81. The van der Waals surface area contributed by atoms with Gasteiger partial charge in [-0.05, 0) is 25.0 Å². The van der Waals surface area contributed by atoms with E-state index in [0.29, 0.717) is 19.6 Å². The van der Waals surface area contributed by atoms with E-state index in [4.69, 9.17) is 0 Å². The van der Waals surface area contributed by atoms with Crippen LogP contribution < -0.4 is 10.6 Å². The number of aliphatic imine (C=N–C) groups is 1. The number of benzene rings is 1. The summed E-state index contributed by atoms with van der Waals surface area (Å²) in [6, 6.07) is 8.25. The van der Waals surface area contributed by atoms with Gasteiger partial charge in [0.1, 0.15) is 0 Å². The van der Waals surface area contributed by atoms with Crippen LogP contribution in [-0.4, -0.2) is 63.5 Å². The van der Waals surface area contributed by atoms with Gasteiger partial charge in [-0.25, -0.2) is 13.4 Å². The summed E-state index contributed by atoms with van der Waals surface area (Å²) in [7, 11) is -2.81. The van der Waals surface area contributed by atoms with Crippen molar-refractivity contribution in [2.24, 2.45) is 4.99 Å². The lowest BCUT2D eigenvalue weighted by Gasteiger charge is -2.26. The highest BCUT2D eigenvalue weighted by molar-refractivity contribution is 14.0. The monoisotopic (exact) mass is 480 g/mol. The van der Waals surface area contributed by atoms with Crippen molar-refractivity contribution >= 4 is 39.8 Å². The molecule has 0 spiro atoms. The van der Waals surface area contributed by atoms with Crippen LogP contribution in [0.25, 0.3) is 0 Å². The smallest absolute Gasteiger partial charge is 0.191 e. The Bertz CT molecular complexity index is 650. The molecule has 0 aliphatic carbocycles. The minimum absolute atomic E-state index is 0. The summed E-state index contributed by atoms with van der Waals surface area (Å²) in [5, 5.41) is 6.57. The first-order valence-electron chi connectivity index (χ1n) is 8.49. The Labute approximate surface area is 168 Å². The first-order chi connectivity index (χ1) is 11.5. The average molecular weight is 480 g/mol. The molecule has 2 rings (SSSR count). The number of nitrogens with one attached hydrogen (secondary N) is 2. The zero-order chi connectivity index (χ0) is 17.4. The van der Waals surface area contributed by atoms with Gasteiger partial charge in [-0.2, -0.15) is 0 Å². The van der Waals surface area contributed by atoms with Crippen molar-refractivity contribution in [3.63, 3.8) is 0 Å². The van der Waals surface area contributed by atoms with Crippen LogP contribution in [0.2, 0.25) is 0 Å². The molecule has 6 nitrogen and oxygen atoms in total. The molecular formula is C17H29IN4O2S. The molecule has 0 aromatic heterocycles. The van der Waals surface area contributed by atoms with Gasteiger partial charge in [-0.3, -0.25) is 4.90 Å². The number of aryl methyl sites for hydroxylation is 1. The Kier molecular flexibility index (Phi) is 9.73. The maximum Gasteiger partial charge on any atom is 0.191 e. The molecule has 1 aliphatic rings. The lowest BCUT2D eigenvalue weighted by molar-refractivity contribution is 0.299. The third-order valence-electron chi connectivity index (χ3n) is 4.17. The van der Waals surface area contributed by atoms with E-state index in [0.717, 1.165) is 25.6 Å². The second-order valence-corrected chi connectivity index (χ2v) is 8.35. The molecule has 1 aromatic carbocycles. The Morgan fingerprint density at radius 2 is 1.88 bits per heavy atom. The van der Waals surface area contributed by atoms with E-state index in [2.05, 4.69) is 39.6 Å². The SMILES string of the molecule is CCNC(=NCc1ccccc1C)NCCN1CCS(=O)(=O)CC1.I. The number of guanidine groups is 1. The predicted molar refractivity (Wildman–Crippen MR) is 115 cm³/mol. The van der Waals surface area contributed by atoms with Crippen molar-refractivity contribution in [1.82, 2.24) is 15.5 Å². The predicted octanol–water partition coefficient (Wildman–Crippen LogP) is 1.40. The Hall–Kier alpha value is -0.870. The van der Waals surface area contributed by atoms with E-state index >= 15 is 0 Å². The van der Waals surface area contributed by atoms with Gasteiger partial charge in [0.25, 0.3) is 0 Å². The maximum atomic E-state index is 11.4. The van der Waals surface area contributed by atoms with Crippen molar-refractivity contribution < 1.29 is 8.42 Å². The Morgan fingerprint density at radius 1 is 1.20 bits per heavy atom. The van der Waals surface area contributed by atoms with Crippen LogP contribution in [0.4, 0.5) is 0 Å². The topological polar surface area (TPSA) is 73.8 Å². The molecule has 0 unspecified atom stereocenters. The molecule has 25 heavy (non-hydrogen) atoms. The number of halogens is 1. The fourth-order valence-electron chi connectivity index (χ4n) is 2.60. The van der Waals surface area contributed by atoms with Crippen molar-refractivity contribution in [2.75, 3.05) is 44.2 Å². The second-order valence-electron chi connectivity index (χ2n) is 6.04. The molecule has 1 saturated heterocycles. The van der Waals surface area contributed by atoms with E-state index in [-0.39, 0.29) is 35.5 Å². The highest BCUT2D eigenvalue weighted by Crippen LogP contribution is 2.08. The van der Waals surface area contributed by atoms with Gasteiger partial charge in [-0.1, -0.05) is 24.3 Å². The van der Waals surface area contributed by atoms with E-state index in [9.17, 15) is 8.42 Å². The van der Waals surface area contributed by atoms with Gasteiger partial charge in [0.2, 0.25) is 0 Å². The number of hydrogen-bond donors (Lipinski definition) is 2. The molecule has 1 heterocycles. The van der Waals surface area contributed by atoms with E-state index in [1.165, 1.54) is 11.1 Å². The number of hydrogen-bond acceptors (Lipinski definition) is 4. The van der Waals surface area contributed by atoms with Crippen molar-refractivity contribution in [2.45, 2.75) is 20.4 Å². The third-order valence-corrected chi connectivity index (χ3v) is 5.78. The standard InChI is InChI=1S/C17H28N4O2S.HI/c1-3-18-17(20-14-16-7-5-4-6-15(16)2)19-8-9-21-10-12-24(22,23)13-11-21;/h4-7H,3,8-14H2,1-2H3,(H2,18,19,20);1H. The van der Waals surface area contributed by atoms with Gasteiger partial charge < -0.3 is 10.6 Å². The van der Waals surface area contributed by atoms with E-state index in [1.807, 2.05) is 19.1 Å². The summed E-state index contributed by atoms with van der Waals surface area (Å²) < 4.78 is 22.9. The molecule has 8 heteroatoms. The average Bonchev–Trinajstić information content (AvgIpc) is 2.55. The van der Waals surface area contributed by atoms with Gasteiger partial charge >= 0.3 is 0 Å². The zero-order valence-electron chi connectivity index (χ0n) is 15.0. The fourth-order valence-corrected chi connectivity index (χ4v) is 3.88. The largest absolute Gasteiger partial charge is 0.357 e. The highest BCUT2D eigenvalue weighted by atomic mass is 127. The molecule has 0 radical (unpaired) electrons. The molecule has 0 amide bonds. The summed E-state index contributed by atoms with van der Waals surface area (Å²) in [5.74, 6) is 1.34. The Balaban J connectivity index is 0.00000312. The number of nitrogens with zero attached hydrogens (tertiary/aromatic N) is 2. The molecule has 0 saturated carbocycles. The summed E-state index contributed by atoms with van der Waals surface area (Å²) >= 11 is 0. The number of sulfone groups is 1. The van der Waals surface area contributed by atoms with Gasteiger partial charge in [0.15, 0.2) is 15.8 Å². The van der Waals surface area contributed by atoms with Crippen LogP contribution in [0.5, 0.6) is 0 Å². The van der Waals surface area contributed by atoms with Crippen LogP contribution in [0.3, 0.4) is 0 Å². The number of rotatable bonds is 6.